The van der Waals surface area contributed by atoms with Crippen molar-refractivity contribution >= 4 is 7.68 Å². The molecule has 0 amide bonds. The fourth-order valence-electron chi connectivity index (χ4n) is 0.926. The third-order valence-electron chi connectivity index (χ3n) is 2.08. The molecular formula is C9H20FO2P. The van der Waals surface area contributed by atoms with Crippen LogP contribution < -0.4 is 0 Å². The van der Waals surface area contributed by atoms with E-state index in [4.69, 9.17) is 4.52 Å². The Hall–Kier alpha value is 0.120. The zero-order chi connectivity index (χ0) is 10.3. The van der Waals surface area contributed by atoms with Crippen LogP contribution in [0.1, 0.15) is 40.0 Å². The molecule has 2 unspecified atom stereocenters. The molecule has 0 rings (SSSR count). The molecule has 0 aliphatic rings. The molecule has 80 valence electrons. The molecule has 0 spiro atoms. The van der Waals surface area contributed by atoms with E-state index in [1.807, 2.05) is 0 Å². The Kier molecular flexibility index (Phi) is 6.62. The molecule has 2 nitrogen and oxygen atoms in total. The van der Waals surface area contributed by atoms with Gasteiger partial charge in [-0.25, -0.2) is 0 Å². The molecule has 0 heterocycles. The lowest BCUT2D eigenvalue weighted by Gasteiger charge is -2.11. The molecule has 0 saturated carbocycles. The van der Waals surface area contributed by atoms with Gasteiger partial charge in [-0.1, -0.05) is 27.2 Å². The van der Waals surface area contributed by atoms with E-state index >= 15 is 0 Å². The molecule has 0 N–H and O–H groups in total. The minimum atomic E-state index is -3.76. The van der Waals surface area contributed by atoms with Crippen molar-refractivity contribution in [2.45, 2.75) is 40.0 Å². The van der Waals surface area contributed by atoms with Crippen molar-refractivity contribution in [3.63, 3.8) is 0 Å². The summed E-state index contributed by atoms with van der Waals surface area (Å²) in [5, 5.41) is 0. The van der Waals surface area contributed by atoms with Gasteiger partial charge in [-0.3, -0.25) is 4.57 Å². The summed E-state index contributed by atoms with van der Waals surface area (Å²) in [5.74, 6) is 0.515. The number of halogens is 1. The van der Waals surface area contributed by atoms with Crippen molar-refractivity contribution in [1.29, 1.82) is 0 Å². The Labute approximate surface area is 80.4 Å². The van der Waals surface area contributed by atoms with E-state index in [1.165, 1.54) is 0 Å². The third-order valence-corrected chi connectivity index (χ3v) is 3.63. The van der Waals surface area contributed by atoms with E-state index in [-0.39, 0.29) is 12.8 Å². The van der Waals surface area contributed by atoms with E-state index in [0.29, 0.717) is 12.3 Å². The lowest BCUT2D eigenvalue weighted by molar-refractivity contribution is 0.260. The Morgan fingerprint density at radius 2 is 2.08 bits per heavy atom. The van der Waals surface area contributed by atoms with Gasteiger partial charge in [-0.15, -0.1) is 0 Å². The van der Waals surface area contributed by atoms with Gasteiger partial charge in [0.25, 0.3) is 0 Å². The van der Waals surface area contributed by atoms with E-state index in [1.54, 1.807) is 6.92 Å². The Balaban J connectivity index is 3.57. The van der Waals surface area contributed by atoms with Crippen LogP contribution in [0, 0.1) is 5.92 Å². The van der Waals surface area contributed by atoms with Gasteiger partial charge in [0.05, 0.1) is 12.8 Å². The second-order valence-corrected chi connectivity index (χ2v) is 5.34. The molecule has 4 heteroatoms. The van der Waals surface area contributed by atoms with E-state index in [2.05, 4.69) is 13.8 Å². The average Bonchev–Trinajstić information content (AvgIpc) is 2.03. The van der Waals surface area contributed by atoms with Crippen LogP contribution in [-0.4, -0.2) is 12.8 Å². The van der Waals surface area contributed by atoms with Crippen molar-refractivity contribution in [2.75, 3.05) is 12.8 Å². The molecule has 0 aliphatic heterocycles. The molecule has 0 aliphatic carbocycles. The van der Waals surface area contributed by atoms with Crippen molar-refractivity contribution in [2.24, 2.45) is 5.92 Å². The third kappa shape index (κ3) is 7.21. The van der Waals surface area contributed by atoms with E-state index in [0.717, 1.165) is 12.8 Å². The van der Waals surface area contributed by atoms with Gasteiger partial charge in [0.2, 0.25) is 0 Å². The van der Waals surface area contributed by atoms with Crippen LogP contribution in [0.2, 0.25) is 0 Å². The highest BCUT2D eigenvalue weighted by Gasteiger charge is 2.20. The van der Waals surface area contributed by atoms with Crippen LogP contribution in [-0.2, 0) is 9.09 Å². The van der Waals surface area contributed by atoms with Crippen LogP contribution in [0.4, 0.5) is 4.20 Å². The minimum absolute atomic E-state index is 0.0491. The van der Waals surface area contributed by atoms with E-state index in [9.17, 15) is 8.76 Å². The van der Waals surface area contributed by atoms with E-state index < -0.39 is 7.68 Å². The fraction of sp³-hybridized carbons (Fsp3) is 1.00. The quantitative estimate of drug-likeness (QED) is 0.593. The summed E-state index contributed by atoms with van der Waals surface area (Å²) in [6.45, 7) is 6.23. The molecule has 0 fully saturated rings. The highest BCUT2D eigenvalue weighted by molar-refractivity contribution is 7.53. The Bertz CT molecular complexity index is 173. The highest BCUT2D eigenvalue weighted by atomic mass is 31.2. The summed E-state index contributed by atoms with van der Waals surface area (Å²) in [4.78, 5) is 0. The topological polar surface area (TPSA) is 26.3 Å². The summed E-state index contributed by atoms with van der Waals surface area (Å²) < 4.78 is 28.7. The first-order chi connectivity index (χ1) is 6.02. The standard InChI is InChI=1S/C9H20FO2P/c1-4-8-13(10,11)12-7-6-9(3)5-2/h9H,4-8H2,1-3H3. The summed E-state index contributed by atoms with van der Waals surface area (Å²) in [6, 6.07) is 0. The zero-order valence-electron chi connectivity index (χ0n) is 8.75. The molecule has 0 aromatic rings. The molecular weight excluding hydrogens is 190 g/mol. The van der Waals surface area contributed by atoms with Crippen LogP contribution in [0.15, 0.2) is 0 Å². The Morgan fingerprint density at radius 3 is 2.54 bits per heavy atom. The van der Waals surface area contributed by atoms with Gasteiger partial charge in [0.1, 0.15) is 0 Å². The summed E-state index contributed by atoms with van der Waals surface area (Å²) in [7, 11) is -3.76. The molecule has 0 bridgehead atoms. The maximum absolute atomic E-state index is 13.0. The molecule has 0 aromatic carbocycles. The molecule has 0 saturated heterocycles. The summed E-state index contributed by atoms with van der Waals surface area (Å²) >= 11 is 0. The van der Waals surface area contributed by atoms with Crippen molar-refractivity contribution in [1.82, 2.24) is 0 Å². The number of hydrogen-bond acceptors (Lipinski definition) is 2. The van der Waals surface area contributed by atoms with Crippen molar-refractivity contribution in [3.8, 4) is 0 Å². The van der Waals surface area contributed by atoms with Gasteiger partial charge in [0.15, 0.2) is 0 Å². The summed E-state index contributed by atoms with van der Waals surface area (Å²) in [6.07, 6.45) is 2.45. The van der Waals surface area contributed by atoms with Crippen LogP contribution in [0.5, 0.6) is 0 Å². The number of hydrogen-bond donors (Lipinski definition) is 0. The molecule has 13 heavy (non-hydrogen) atoms. The van der Waals surface area contributed by atoms with Gasteiger partial charge < -0.3 is 4.52 Å². The van der Waals surface area contributed by atoms with Gasteiger partial charge in [-0.05, 0) is 18.8 Å². The molecule has 0 aromatic heterocycles. The summed E-state index contributed by atoms with van der Waals surface area (Å²) in [5.41, 5.74) is 0. The number of rotatable bonds is 7. The second kappa shape index (κ2) is 6.56. The molecule has 2 atom stereocenters. The van der Waals surface area contributed by atoms with Crippen LogP contribution in [0.3, 0.4) is 0 Å². The first kappa shape index (κ1) is 13.1. The van der Waals surface area contributed by atoms with Gasteiger partial charge >= 0.3 is 7.68 Å². The Morgan fingerprint density at radius 1 is 1.46 bits per heavy atom. The maximum Gasteiger partial charge on any atom is 0.367 e. The first-order valence-electron chi connectivity index (χ1n) is 4.95. The van der Waals surface area contributed by atoms with Gasteiger partial charge in [-0.2, -0.15) is 4.20 Å². The second-order valence-electron chi connectivity index (χ2n) is 3.45. The van der Waals surface area contributed by atoms with Crippen LogP contribution in [0.25, 0.3) is 0 Å². The van der Waals surface area contributed by atoms with Gasteiger partial charge in [0, 0.05) is 0 Å². The largest absolute Gasteiger partial charge is 0.367 e. The lowest BCUT2D eigenvalue weighted by atomic mass is 10.1. The minimum Gasteiger partial charge on any atom is -0.306 e. The van der Waals surface area contributed by atoms with Crippen LogP contribution >= 0.6 is 7.68 Å². The maximum atomic E-state index is 13.0. The smallest absolute Gasteiger partial charge is 0.306 e. The monoisotopic (exact) mass is 210 g/mol. The normalized spacial score (nSPS) is 18.2. The fourth-order valence-corrected chi connectivity index (χ4v) is 1.97. The van der Waals surface area contributed by atoms with Crippen molar-refractivity contribution < 1.29 is 13.3 Å². The first-order valence-corrected chi connectivity index (χ1v) is 6.65. The lowest BCUT2D eigenvalue weighted by Crippen LogP contribution is -1.99. The SMILES string of the molecule is CCCP(=O)(F)OCCC(C)CC. The molecule has 0 radical (unpaired) electrons. The highest BCUT2D eigenvalue weighted by Crippen LogP contribution is 2.49. The predicted molar refractivity (Wildman–Crippen MR) is 53.9 cm³/mol. The zero-order valence-corrected chi connectivity index (χ0v) is 9.65. The average molecular weight is 210 g/mol. The van der Waals surface area contributed by atoms with Crippen molar-refractivity contribution in [3.05, 3.63) is 0 Å². The predicted octanol–water partition coefficient (Wildman–Crippen LogP) is 4.01.